The summed E-state index contributed by atoms with van der Waals surface area (Å²) in [7, 11) is 0. The predicted octanol–water partition coefficient (Wildman–Crippen LogP) is 2.08. The SMILES string of the molecule is NC(CCl)=Nc1ccc(-c2nn3cnnc3s2)cc1. The number of fused-ring (bicyclic) bond motifs is 1. The van der Waals surface area contributed by atoms with Gasteiger partial charge in [-0.25, -0.2) is 4.99 Å². The highest BCUT2D eigenvalue weighted by Crippen LogP contribution is 2.26. The van der Waals surface area contributed by atoms with E-state index in [-0.39, 0.29) is 5.88 Å². The van der Waals surface area contributed by atoms with E-state index in [1.54, 1.807) is 10.8 Å². The molecule has 0 spiro atoms. The average Bonchev–Trinajstić information content (AvgIpc) is 3.00. The number of aliphatic imine (C=N–C) groups is 1. The van der Waals surface area contributed by atoms with Crippen molar-refractivity contribution in [2.45, 2.75) is 0 Å². The second kappa shape index (κ2) is 4.94. The molecule has 0 aliphatic rings. The van der Waals surface area contributed by atoms with E-state index in [0.29, 0.717) is 5.84 Å². The zero-order valence-corrected chi connectivity index (χ0v) is 11.3. The van der Waals surface area contributed by atoms with Crippen LogP contribution in [0.25, 0.3) is 15.5 Å². The molecule has 0 aliphatic heterocycles. The van der Waals surface area contributed by atoms with Crippen molar-refractivity contribution in [3.63, 3.8) is 0 Å². The van der Waals surface area contributed by atoms with E-state index >= 15 is 0 Å². The Morgan fingerprint density at radius 2 is 2.16 bits per heavy atom. The monoisotopic (exact) mass is 292 g/mol. The molecule has 8 heteroatoms. The fourth-order valence-electron chi connectivity index (χ4n) is 1.55. The molecule has 0 atom stereocenters. The zero-order chi connectivity index (χ0) is 13.2. The van der Waals surface area contributed by atoms with Crippen molar-refractivity contribution in [2.24, 2.45) is 10.7 Å². The number of nitrogens with two attached hydrogens (primary N) is 1. The Kier molecular flexibility index (Phi) is 3.14. The lowest BCUT2D eigenvalue weighted by Gasteiger charge is -1.98. The molecule has 0 saturated carbocycles. The number of halogens is 1. The largest absolute Gasteiger partial charge is 0.386 e. The molecule has 3 rings (SSSR count). The van der Waals surface area contributed by atoms with Gasteiger partial charge in [0.25, 0.3) is 0 Å². The minimum absolute atomic E-state index is 0.221. The summed E-state index contributed by atoms with van der Waals surface area (Å²) in [6.45, 7) is 0. The Labute approximate surface area is 117 Å². The highest BCUT2D eigenvalue weighted by molar-refractivity contribution is 7.19. The van der Waals surface area contributed by atoms with Crippen molar-refractivity contribution in [3.05, 3.63) is 30.6 Å². The third kappa shape index (κ3) is 2.42. The quantitative estimate of drug-likeness (QED) is 0.455. The van der Waals surface area contributed by atoms with Crippen LogP contribution in [0, 0.1) is 0 Å². The van der Waals surface area contributed by atoms with Gasteiger partial charge in [-0.2, -0.15) is 9.61 Å². The molecule has 2 heterocycles. The van der Waals surface area contributed by atoms with Crippen LogP contribution in [0.15, 0.2) is 35.6 Å². The fourth-order valence-corrected chi connectivity index (χ4v) is 2.44. The summed E-state index contributed by atoms with van der Waals surface area (Å²) in [6.07, 6.45) is 1.58. The lowest BCUT2D eigenvalue weighted by molar-refractivity contribution is 0.960. The van der Waals surface area contributed by atoms with Crippen molar-refractivity contribution in [1.82, 2.24) is 19.8 Å². The molecule has 19 heavy (non-hydrogen) atoms. The third-order valence-electron chi connectivity index (χ3n) is 2.41. The van der Waals surface area contributed by atoms with Crippen molar-refractivity contribution < 1.29 is 0 Å². The number of nitrogens with zero attached hydrogens (tertiary/aromatic N) is 5. The van der Waals surface area contributed by atoms with Gasteiger partial charge in [-0.05, 0) is 24.3 Å². The van der Waals surface area contributed by atoms with E-state index in [4.69, 9.17) is 17.3 Å². The summed E-state index contributed by atoms with van der Waals surface area (Å²) < 4.78 is 1.65. The van der Waals surface area contributed by atoms with Gasteiger partial charge in [0.2, 0.25) is 4.96 Å². The smallest absolute Gasteiger partial charge is 0.234 e. The van der Waals surface area contributed by atoms with Gasteiger partial charge < -0.3 is 5.73 Å². The molecule has 1 aromatic carbocycles. The lowest BCUT2D eigenvalue weighted by Crippen LogP contribution is -2.12. The van der Waals surface area contributed by atoms with Gasteiger partial charge in [0.15, 0.2) is 0 Å². The highest BCUT2D eigenvalue weighted by Gasteiger charge is 2.07. The second-order valence-electron chi connectivity index (χ2n) is 3.75. The molecule has 96 valence electrons. The van der Waals surface area contributed by atoms with Gasteiger partial charge in [-0.3, -0.25) is 0 Å². The molecule has 0 unspecified atom stereocenters. The zero-order valence-electron chi connectivity index (χ0n) is 9.69. The number of benzene rings is 1. The van der Waals surface area contributed by atoms with Gasteiger partial charge in [-0.15, -0.1) is 21.8 Å². The van der Waals surface area contributed by atoms with Crippen LogP contribution >= 0.6 is 22.9 Å². The number of hydrogen-bond acceptors (Lipinski definition) is 5. The summed E-state index contributed by atoms with van der Waals surface area (Å²) in [5.74, 6) is 0.617. The van der Waals surface area contributed by atoms with Crippen LogP contribution in [0.4, 0.5) is 5.69 Å². The van der Waals surface area contributed by atoms with Crippen LogP contribution in [0.2, 0.25) is 0 Å². The van der Waals surface area contributed by atoms with E-state index in [0.717, 1.165) is 21.2 Å². The van der Waals surface area contributed by atoms with Gasteiger partial charge in [0.05, 0.1) is 11.6 Å². The molecule has 0 aliphatic carbocycles. The first-order valence-electron chi connectivity index (χ1n) is 5.42. The van der Waals surface area contributed by atoms with E-state index in [1.807, 2.05) is 24.3 Å². The molecule has 0 bridgehead atoms. The second-order valence-corrected chi connectivity index (χ2v) is 4.97. The van der Waals surface area contributed by atoms with Crippen LogP contribution in [0.3, 0.4) is 0 Å². The van der Waals surface area contributed by atoms with Gasteiger partial charge in [0, 0.05) is 5.56 Å². The maximum absolute atomic E-state index is 5.58. The van der Waals surface area contributed by atoms with E-state index in [9.17, 15) is 0 Å². The Hall–Kier alpha value is -1.99. The van der Waals surface area contributed by atoms with Crippen molar-refractivity contribution >= 4 is 39.4 Å². The summed E-state index contributed by atoms with van der Waals surface area (Å²) in [6, 6.07) is 7.62. The Balaban J connectivity index is 1.92. The number of amidine groups is 1. The van der Waals surface area contributed by atoms with Crippen LogP contribution in [0.5, 0.6) is 0 Å². The number of hydrogen-bond donors (Lipinski definition) is 1. The third-order valence-corrected chi connectivity index (χ3v) is 3.65. The Morgan fingerprint density at radius 3 is 2.84 bits per heavy atom. The number of alkyl halides is 1. The molecular formula is C11H9ClN6S. The highest BCUT2D eigenvalue weighted by atomic mass is 35.5. The Morgan fingerprint density at radius 1 is 1.37 bits per heavy atom. The topological polar surface area (TPSA) is 81.5 Å². The molecule has 3 aromatic rings. The normalized spacial score (nSPS) is 12.2. The summed E-state index contributed by atoms with van der Waals surface area (Å²) >= 11 is 7.06. The molecule has 0 amide bonds. The van der Waals surface area contributed by atoms with Crippen LogP contribution in [0.1, 0.15) is 0 Å². The fraction of sp³-hybridized carbons (Fsp3) is 0.0909. The molecule has 2 N–H and O–H groups in total. The van der Waals surface area contributed by atoms with Gasteiger partial charge in [-0.1, -0.05) is 11.3 Å². The average molecular weight is 293 g/mol. The van der Waals surface area contributed by atoms with Crippen molar-refractivity contribution in [2.75, 3.05) is 5.88 Å². The van der Waals surface area contributed by atoms with Crippen molar-refractivity contribution in [3.8, 4) is 10.6 Å². The van der Waals surface area contributed by atoms with E-state index in [2.05, 4.69) is 20.3 Å². The molecule has 6 nitrogen and oxygen atoms in total. The first-order chi connectivity index (χ1) is 9.26. The first-order valence-corrected chi connectivity index (χ1v) is 6.77. The molecule has 2 aromatic heterocycles. The van der Waals surface area contributed by atoms with Gasteiger partial charge in [0.1, 0.15) is 17.2 Å². The maximum Gasteiger partial charge on any atom is 0.234 e. The summed E-state index contributed by atoms with van der Waals surface area (Å²) in [5, 5.41) is 13.0. The predicted molar refractivity (Wildman–Crippen MR) is 76.1 cm³/mol. The molecular weight excluding hydrogens is 284 g/mol. The van der Waals surface area contributed by atoms with Crippen LogP contribution in [-0.4, -0.2) is 31.5 Å². The van der Waals surface area contributed by atoms with Crippen LogP contribution < -0.4 is 5.73 Å². The first kappa shape index (κ1) is 12.1. The lowest BCUT2D eigenvalue weighted by atomic mass is 10.2. The summed E-state index contributed by atoms with van der Waals surface area (Å²) in [5.41, 5.74) is 7.35. The minimum atomic E-state index is 0.221. The number of rotatable bonds is 3. The van der Waals surface area contributed by atoms with Gasteiger partial charge >= 0.3 is 0 Å². The standard InChI is InChI=1S/C11H9ClN6S/c12-5-9(13)15-8-3-1-7(2-4-8)10-17-18-6-14-16-11(18)19-10/h1-4,6H,5H2,(H2,13,15). The van der Waals surface area contributed by atoms with Crippen molar-refractivity contribution in [1.29, 1.82) is 0 Å². The maximum atomic E-state index is 5.58. The molecule has 0 radical (unpaired) electrons. The molecule has 0 saturated heterocycles. The van der Waals surface area contributed by atoms with E-state index in [1.165, 1.54) is 11.3 Å². The summed E-state index contributed by atoms with van der Waals surface area (Å²) in [4.78, 5) is 4.93. The number of aromatic nitrogens is 4. The van der Waals surface area contributed by atoms with E-state index < -0.39 is 0 Å². The Bertz CT molecular complexity index is 701. The van der Waals surface area contributed by atoms with Crippen LogP contribution in [-0.2, 0) is 0 Å². The molecule has 0 fully saturated rings. The minimum Gasteiger partial charge on any atom is -0.386 e.